The lowest BCUT2D eigenvalue weighted by molar-refractivity contribution is -0.107. The van der Waals surface area contributed by atoms with Crippen LogP contribution >= 0.6 is 0 Å². The lowest BCUT2D eigenvalue weighted by Gasteiger charge is -2.02. The Morgan fingerprint density at radius 2 is 1.86 bits per heavy atom. The van der Waals surface area contributed by atoms with Gasteiger partial charge in [-0.25, -0.2) is 0 Å². The monoisotopic (exact) mass is 194 g/mol. The van der Waals surface area contributed by atoms with Crippen LogP contribution in [0.2, 0.25) is 0 Å². The van der Waals surface area contributed by atoms with Gasteiger partial charge in [0.2, 0.25) is 0 Å². The molecule has 0 saturated heterocycles. The highest BCUT2D eigenvalue weighted by molar-refractivity contribution is 5.50. The van der Waals surface area contributed by atoms with Crippen molar-refractivity contribution in [2.24, 2.45) is 0 Å². The second kappa shape index (κ2) is 7.27. The molecule has 0 aliphatic heterocycles. The zero-order valence-corrected chi connectivity index (χ0v) is 9.08. The molecule has 0 fully saturated rings. The number of aldehydes is 1. The van der Waals surface area contributed by atoms with E-state index in [-0.39, 0.29) is 0 Å². The Bertz CT molecular complexity index is 280. The van der Waals surface area contributed by atoms with Crippen molar-refractivity contribution in [3.05, 3.63) is 34.9 Å². The molecule has 78 valence electrons. The fourth-order valence-corrected chi connectivity index (χ4v) is 1.18. The summed E-state index contributed by atoms with van der Waals surface area (Å²) in [4.78, 5) is 10.1. The highest BCUT2D eigenvalue weighted by atomic mass is 16.2. The van der Waals surface area contributed by atoms with E-state index in [2.05, 4.69) is 32.0 Å². The first-order chi connectivity index (χ1) is 6.74. The molecule has 2 nitrogen and oxygen atoms in total. The van der Waals surface area contributed by atoms with Crippen LogP contribution in [-0.4, -0.2) is 18.5 Å². The first-order valence-electron chi connectivity index (χ1n) is 4.68. The lowest BCUT2D eigenvalue weighted by Crippen LogP contribution is -1.88. The minimum atomic E-state index is 0.627. The maximum Gasteiger partial charge on any atom is 0.120 e. The molecule has 0 unspecified atom stereocenters. The van der Waals surface area contributed by atoms with Gasteiger partial charge in [-0.2, -0.15) is 0 Å². The molecular weight excluding hydrogens is 176 g/mol. The summed E-state index contributed by atoms with van der Waals surface area (Å²) in [6.45, 7) is 4.19. The van der Waals surface area contributed by atoms with Crippen LogP contribution in [0, 0.1) is 13.8 Å². The molecule has 1 aromatic carbocycles. The predicted molar refractivity (Wildman–Crippen MR) is 58.4 cm³/mol. The van der Waals surface area contributed by atoms with Crippen molar-refractivity contribution in [3.63, 3.8) is 0 Å². The Morgan fingerprint density at radius 3 is 2.36 bits per heavy atom. The Kier molecular flexibility index (Phi) is 6.68. The van der Waals surface area contributed by atoms with Gasteiger partial charge in [-0.05, 0) is 37.0 Å². The summed E-state index contributed by atoms with van der Waals surface area (Å²) in [5.41, 5.74) is 3.87. The van der Waals surface area contributed by atoms with Crippen molar-refractivity contribution in [2.45, 2.75) is 26.7 Å². The largest absolute Gasteiger partial charge is 0.400 e. The van der Waals surface area contributed by atoms with Crippen molar-refractivity contribution < 1.29 is 9.90 Å². The quantitative estimate of drug-likeness (QED) is 0.748. The summed E-state index contributed by atoms with van der Waals surface area (Å²) in [6.07, 6.45) is 2.46. The Balaban J connectivity index is 0.000000791. The summed E-state index contributed by atoms with van der Waals surface area (Å²) in [5, 5.41) is 7.00. The van der Waals surface area contributed by atoms with Gasteiger partial charge in [0.25, 0.3) is 0 Å². The first kappa shape index (κ1) is 12.8. The summed E-state index contributed by atoms with van der Waals surface area (Å²) in [6, 6.07) is 6.35. The van der Waals surface area contributed by atoms with Crippen LogP contribution in [0.5, 0.6) is 0 Å². The van der Waals surface area contributed by atoms with Crippen LogP contribution in [0.1, 0.15) is 23.1 Å². The third kappa shape index (κ3) is 4.19. The molecule has 2 heteroatoms. The molecule has 0 amide bonds. The maximum atomic E-state index is 10.1. The van der Waals surface area contributed by atoms with Gasteiger partial charge in [0.1, 0.15) is 6.29 Å². The second-order valence-electron chi connectivity index (χ2n) is 3.12. The fourth-order valence-electron chi connectivity index (χ4n) is 1.18. The molecule has 0 aliphatic rings. The lowest BCUT2D eigenvalue weighted by atomic mass is 10.0. The number of carbonyl (C=O) groups excluding carboxylic acids is 1. The highest BCUT2D eigenvalue weighted by Gasteiger charge is 1.95. The molecule has 1 N–H and O–H groups in total. The molecule has 0 aliphatic carbocycles. The SMILES string of the molecule is CO.Cc1ccc(CCC=O)cc1C. The van der Waals surface area contributed by atoms with Crippen molar-refractivity contribution in [3.8, 4) is 0 Å². The molecule has 1 rings (SSSR count). The van der Waals surface area contributed by atoms with E-state index >= 15 is 0 Å². The number of aliphatic hydroxyl groups excluding tert-OH is 1. The van der Waals surface area contributed by atoms with E-state index < -0.39 is 0 Å². The molecule has 1 aromatic rings. The van der Waals surface area contributed by atoms with E-state index in [0.717, 1.165) is 19.8 Å². The predicted octanol–water partition coefficient (Wildman–Crippen LogP) is 2.04. The zero-order chi connectivity index (χ0) is 11.0. The molecule has 14 heavy (non-hydrogen) atoms. The van der Waals surface area contributed by atoms with Crippen molar-refractivity contribution >= 4 is 6.29 Å². The van der Waals surface area contributed by atoms with Crippen LogP contribution in [0.4, 0.5) is 0 Å². The van der Waals surface area contributed by atoms with Gasteiger partial charge < -0.3 is 9.90 Å². The molecular formula is C12H18O2. The molecule has 0 radical (unpaired) electrons. The summed E-state index contributed by atoms with van der Waals surface area (Å²) in [5.74, 6) is 0. The first-order valence-corrected chi connectivity index (χ1v) is 4.68. The maximum absolute atomic E-state index is 10.1. The Labute approximate surface area is 85.6 Å². The molecule has 0 heterocycles. The summed E-state index contributed by atoms with van der Waals surface area (Å²) >= 11 is 0. The molecule has 0 atom stereocenters. The van der Waals surface area contributed by atoms with Crippen LogP contribution in [-0.2, 0) is 11.2 Å². The van der Waals surface area contributed by atoms with Crippen LogP contribution < -0.4 is 0 Å². The number of aliphatic hydroxyl groups is 1. The number of hydrogen-bond donors (Lipinski definition) is 1. The average molecular weight is 194 g/mol. The van der Waals surface area contributed by atoms with Crippen LogP contribution in [0.15, 0.2) is 18.2 Å². The third-order valence-electron chi connectivity index (χ3n) is 2.12. The van der Waals surface area contributed by atoms with Gasteiger partial charge in [-0.1, -0.05) is 18.2 Å². The van der Waals surface area contributed by atoms with E-state index in [4.69, 9.17) is 5.11 Å². The number of aryl methyl sites for hydroxylation is 3. The van der Waals surface area contributed by atoms with Crippen molar-refractivity contribution in [1.82, 2.24) is 0 Å². The molecule has 0 saturated carbocycles. The number of benzene rings is 1. The summed E-state index contributed by atoms with van der Waals surface area (Å²) in [7, 11) is 1.00. The van der Waals surface area contributed by atoms with Gasteiger partial charge in [0, 0.05) is 13.5 Å². The summed E-state index contributed by atoms with van der Waals surface area (Å²) < 4.78 is 0. The van der Waals surface area contributed by atoms with Gasteiger partial charge in [-0.3, -0.25) is 0 Å². The smallest absolute Gasteiger partial charge is 0.120 e. The van der Waals surface area contributed by atoms with Gasteiger partial charge in [0.15, 0.2) is 0 Å². The highest BCUT2D eigenvalue weighted by Crippen LogP contribution is 2.10. The minimum absolute atomic E-state index is 0.627. The Hall–Kier alpha value is -1.15. The van der Waals surface area contributed by atoms with E-state index in [9.17, 15) is 4.79 Å². The van der Waals surface area contributed by atoms with Crippen molar-refractivity contribution in [2.75, 3.05) is 7.11 Å². The normalized spacial score (nSPS) is 8.86. The van der Waals surface area contributed by atoms with Gasteiger partial charge in [-0.15, -0.1) is 0 Å². The minimum Gasteiger partial charge on any atom is -0.400 e. The second-order valence-corrected chi connectivity index (χ2v) is 3.12. The standard InChI is InChI=1S/C11H14O.CH4O/c1-9-5-6-11(4-3-7-12)8-10(9)2;1-2/h5-8H,3-4H2,1-2H3;2H,1H3. The Morgan fingerprint density at radius 1 is 1.21 bits per heavy atom. The number of hydrogen-bond acceptors (Lipinski definition) is 2. The zero-order valence-electron chi connectivity index (χ0n) is 9.08. The fraction of sp³-hybridized carbons (Fsp3) is 0.417. The average Bonchev–Trinajstić information content (AvgIpc) is 2.23. The van der Waals surface area contributed by atoms with E-state index in [1.807, 2.05) is 0 Å². The molecule has 0 spiro atoms. The number of rotatable bonds is 3. The molecule has 0 bridgehead atoms. The van der Waals surface area contributed by atoms with Gasteiger partial charge >= 0.3 is 0 Å². The number of carbonyl (C=O) groups is 1. The van der Waals surface area contributed by atoms with Gasteiger partial charge in [0.05, 0.1) is 0 Å². The van der Waals surface area contributed by atoms with E-state index in [1.165, 1.54) is 16.7 Å². The van der Waals surface area contributed by atoms with Crippen LogP contribution in [0.25, 0.3) is 0 Å². The van der Waals surface area contributed by atoms with Crippen molar-refractivity contribution in [1.29, 1.82) is 0 Å². The molecule has 0 aromatic heterocycles. The van der Waals surface area contributed by atoms with E-state index in [1.54, 1.807) is 0 Å². The topological polar surface area (TPSA) is 37.3 Å². The third-order valence-corrected chi connectivity index (χ3v) is 2.12. The van der Waals surface area contributed by atoms with Crippen LogP contribution in [0.3, 0.4) is 0 Å². The van der Waals surface area contributed by atoms with E-state index in [0.29, 0.717) is 6.42 Å².